The number of nitrogens with one attached hydrogen (secondary N) is 2. The van der Waals surface area contributed by atoms with E-state index < -0.39 is 5.82 Å². The number of hydrogen-bond donors (Lipinski definition) is 2. The van der Waals surface area contributed by atoms with Crippen molar-refractivity contribution in [2.75, 3.05) is 16.4 Å². The van der Waals surface area contributed by atoms with Crippen LogP contribution in [0.15, 0.2) is 53.7 Å². The van der Waals surface area contributed by atoms with Gasteiger partial charge in [0, 0.05) is 25.6 Å². The van der Waals surface area contributed by atoms with Crippen LogP contribution in [0.5, 0.6) is 0 Å². The molecule has 0 fully saturated rings. The minimum absolute atomic E-state index is 0.138. The van der Waals surface area contributed by atoms with Crippen LogP contribution in [0.4, 0.5) is 15.8 Å². The van der Waals surface area contributed by atoms with Crippen molar-refractivity contribution < 1.29 is 14.0 Å². The van der Waals surface area contributed by atoms with Gasteiger partial charge in [-0.2, -0.15) is 0 Å². The maximum Gasteiger partial charge on any atom is 0.234 e. The number of carbonyl (C=O) groups excluding carboxylic acids is 2. The Morgan fingerprint density at radius 1 is 1.03 bits per heavy atom. The van der Waals surface area contributed by atoms with E-state index in [0.717, 1.165) is 11.3 Å². The molecule has 0 radical (unpaired) electrons. The summed E-state index contributed by atoms with van der Waals surface area (Å²) in [5.74, 6) is -0.132. The van der Waals surface area contributed by atoms with Gasteiger partial charge in [-0.15, -0.1) is 10.2 Å². The lowest BCUT2D eigenvalue weighted by Gasteiger charge is -2.07. The molecule has 2 amide bonds. The Morgan fingerprint density at radius 3 is 2.50 bits per heavy atom. The van der Waals surface area contributed by atoms with Crippen LogP contribution in [0.25, 0.3) is 0 Å². The van der Waals surface area contributed by atoms with Crippen molar-refractivity contribution in [2.45, 2.75) is 24.9 Å². The van der Waals surface area contributed by atoms with Gasteiger partial charge in [-0.3, -0.25) is 9.59 Å². The molecule has 0 saturated heterocycles. The molecule has 7 nitrogen and oxygen atoms in total. The molecule has 0 saturated carbocycles. The van der Waals surface area contributed by atoms with Gasteiger partial charge in [-0.05, 0) is 31.2 Å². The molecule has 0 spiro atoms. The van der Waals surface area contributed by atoms with E-state index in [4.69, 9.17) is 0 Å². The zero-order chi connectivity index (χ0) is 21.5. The monoisotopic (exact) mass is 427 g/mol. The summed E-state index contributed by atoms with van der Waals surface area (Å²) in [5, 5.41) is 14.1. The van der Waals surface area contributed by atoms with E-state index in [-0.39, 0.29) is 29.7 Å². The van der Waals surface area contributed by atoms with E-state index in [1.165, 1.54) is 23.9 Å². The van der Waals surface area contributed by atoms with Crippen LogP contribution >= 0.6 is 11.8 Å². The van der Waals surface area contributed by atoms with Crippen LogP contribution in [-0.4, -0.2) is 32.3 Å². The molecule has 0 aliphatic rings. The SMILES string of the molecule is Cc1ccc(NC(=O)CSc2nnc(CCC(=O)Nc3ccccc3F)n2C)cc1. The van der Waals surface area contributed by atoms with Crippen molar-refractivity contribution in [3.8, 4) is 0 Å². The number of amides is 2. The Kier molecular flexibility index (Phi) is 7.18. The number of para-hydroxylation sites is 1. The normalized spacial score (nSPS) is 10.6. The highest BCUT2D eigenvalue weighted by atomic mass is 32.2. The summed E-state index contributed by atoms with van der Waals surface area (Å²) in [7, 11) is 1.78. The van der Waals surface area contributed by atoms with E-state index in [1.54, 1.807) is 23.7 Å². The van der Waals surface area contributed by atoms with Crippen LogP contribution < -0.4 is 10.6 Å². The number of thioether (sulfide) groups is 1. The second kappa shape index (κ2) is 10.0. The fourth-order valence-corrected chi connectivity index (χ4v) is 3.38. The Bertz CT molecular complexity index is 1040. The smallest absolute Gasteiger partial charge is 0.234 e. The second-order valence-corrected chi connectivity index (χ2v) is 7.63. The molecule has 3 rings (SSSR count). The first-order chi connectivity index (χ1) is 14.4. The van der Waals surface area contributed by atoms with Crippen LogP contribution in [-0.2, 0) is 23.1 Å². The van der Waals surface area contributed by atoms with Crippen LogP contribution in [0.2, 0.25) is 0 Å². The number of aryl methyl sites for hydroxylation is 2. The van der Waals surface area contributed by atoms with Crippen molar-refractivity contribution in [2.24, 2.45) is 7.05 Å². The number of nitrogens with zero attached hydrogens (tertiary/aromatic N) is 3. The highest BCUT2D eigenvalue weighted by Crippen LogP contribution is 2.18. The highest BCUT2D eigenvalue weighted by Gasteiger charge is 2.14. The zero-order valence-corrected chi connectivity index (χ0v) is 17.5. The zero-order valence-electron chi connectivity index (χ0n) is 16.7. The van der Waals surface area contributed by atoms with Gasteiger partial charge >= 0.3 is 0 Å². The van der Waals surface area contributed by atoms with Crippen LogP contribution in [0.1, 0.15) is 17.8 Å². The van der Waals surface area contributed by atoms with Crippen LogP contribution in [0.3, 0.4) is 0 Å². The number of anilines is 2. The number of aromatic nitrogens is 3. The molecular weight excluding hydrogens is 405 g/mol. The number of hydrogen-bond acceptors (Lipinski definition) is 5. The molecule has 0 aliphatic heterocycles. The van der Waals surface area contributed by atoms with Crippen LogP contribution in [0, 0.1) is 12.7 Å². The quantitative estimate of drug-likeness (QED) is 0.537. The van der Waals surface area contributed by atoms with Gasteiger partial charge in [-0.1, -0.05) is 41.6 Å². The summed E-state index contributed by atoms with van der Waals surface area (Å²) in [5.41, 5.74) is 2.01. The fourth-order valence-electron chi connectivity index (χ4n) is 2.65. The topological polar surface area (TPSA) is 88.9 Å². The number of benzene rings is 2. The third kappa shape index (κ3) is 5.90. The molecule has 0 aliphatic carbocycles. The number of halogens is 1. The van der Waals surface area contributed by atoms with E-state index >= 15 is 0 Å². The molecule has 30 heavy (non-hydrogen) atoms. The lowest BCUT2D eigenvalue weighted by atomic mass is 10.2. The molecule has 0 atom stereocenters. The molecule has 2 N–H and O–H groups in total. The lowest BCUT2D eigenvalue weighted by Crippen LogP contribution is -2.15. The van der Waals surface area contributed by atoms with Gasteiger partial charge in [0.1, 0.15) is 11.6 Å². The summed E-state index contributed by atoms with van der Waals surface area (Å²) in [4.78, 5) is 24.2. The molecule has 0 bridgehead atoms. The average molecular weight is 428 g/mol. The molecule has 2 aromatic carbocycles. The lowest BCUT2D eigenvalue weighted by molar-refractivity contribution is -0.116. The Morgan fingerprint density at radius 2 is 1.77 bits per heavy atom. The maximum atomic E-state index is 13.6. The molecule has 0 unspecified atom stereocenters. The first-order valence-corrected chi connectivity index (χ1v) is 10.3. The van der Waals surface area contributed by atoms with Gasteiger partial charge in [0.25, 0.3) is 0 Å². The van der Waals surface area contributed by atoms with E-state index in [0.29, 0.717) is 17.4 Å². The highest BCUT2D eigenvalue weighted by molar-refractivity contribution is 7.99. The molecule has 1 aromatic heterocycles. The average Bonchev–Trinajstić information content (AvgIpc) is 3.08. The predicted molar refractivity (Wildman–Crippen MR) is 115 cm³/mol. The van der Waals surface area contributed by atoms with Gasteiger partial charge in [-0.25, -0.2) is 4.39 Å². The van der Waals surface area contributed by atoms with Gasteiger partial charge in [0.15, 0.2) is 5.16 Å². The van der Waals surface area contributed by atoms with E-state index in [2.05, 4.69) is 20.8 Å². The number of rotatable bonds is 8. The predicted octanol–water partition coefficient (Wildman–Crippen LogP) is 3.56. The molecule has 9 heteroatoms. The maximum absolute atomic E-state index is 13.6. The van der Waals surface area contributed by atoms with Crippen molar-refractivity contribution in [3.05, 3.63) is 65.7 Å². The summed E-state index contributed by atoms with van der Waals surface area (Å²) >= 11 is 1.26. The standard InChI is InChI=1S/C21H22FN5O2S/c1-14-7-9-15(10-8-14)23-20(29)13-30-21-26-25-18(27(21)2)11-12-19(28)24-17-6-4-3-5-16(17)22/h3-10H,11-13H2,1-2H3,(H,23,29)(H,24,28). The summed E-state index contributed by atoms with van der Waals surface area (Å²) in [6.07, 6.45) is 0.485. The minimum Gasteiger partial charge on any atom is -0.325 e. The van der Waals surface area contributed by atoms with Crippen molar-refractivity contribution in [3.63, 3.8) is 0 Å². The second-order valence-electron chi connectivity index (χ2n) is 6.69. The number of carbonyl (C=O) groups is 2. The van der Waals surface area contributed by atoms with Gasteiger partial charge < -0.3 is 15.2 Å². The first kappa shape index (κ1) is 21.5. The molecule has 1 heterocycles. The largest absolute Gasteiger partial charge is 0.325 e. The fraction of sp³-hybridized carbons (Fsp3) is 0.238. The van der Waals surface area contributed by atoms with E-state index in [1.807, 2.05) is 31.2 Å². The van der Waals surface area contributed by atoms with Crippen molar-refractivity contribution in [1.29, 1.82) is 0 Å². The third-order valence-corrected chi connectivity index (χ3v) is 5.34. The molecular formula is C21H22FN5O2S. The summed E-state index contributed by atoms with van der Waals surface area (Å²) in [6.45, 7) is 1.98. The first-order valence-electron chi connectivity index (χ1n) is 9.34. The Labute approximate surface area is 178 Å². The molecule has 3 aromatic rings. The summed E-state index contributed by atoms with van der Waals surface area (Å²) < 4.78 is 15.4. The van der Waals surface area contributed by atoms with Crippen molar-refractivity contribution >= 4 is 35.0 Å². The van der Waals surface area contributed by atoms with E-state index in [9.17, 15) is 14.0 Å². The van der Waals surface area contributed by atoms with Gasteiger partial charge in [0.05, 0.1) is 11.4 Å². The third-order valence-electron chi connectivity index (χ3n) is 4.32. The summed E-state index contributed by atoms with van der Waals surface area (Å²) in [6, 6.07) is 13.6. The van der Waals surface area contributed by atoms with Gasteiger partial charge in [0.2, 0.25) is 11.8 Å². The molecule has 156 valence electrons. The minimum atomic E-state index is -0.480. The van der Waals surface area contributed by atoms with Crippen molar-refractivity contribution in [1.82, 2.24) is 14.8 Å². The Balaban J connectivity index is 1.48. The Hall–Kier alpha value is -3.20.